The molecule has 2 atom stereocenters. The van der Waals surface area contributed by atoms with E-state index in [2.05, 4.69) is 41.4 Å². The minimum Gasteiger partial charge on any atom is -0.330 e. The van der Waals surface area contributed by atoms with Crippen molar-refractivity contribution in [1.82, 2.24) is 9.27 Å². The Morgan fingerprint density at radius 3 is 3.06 bits per heavy atom. The average Bonchev–Trinajstić information content (AvgIpc) is 2.93. The number of hydrogen-bond donors (Lipinski definition) is 1. The second-order valence-electron chi connectivity index (χ2n) is 5.32. The normalized spacial score (nSPS) is 25.1. The van der Waals surface area contributed by atoms with Gasteiger partial charge in [-0.25, -0.2) is 0 Å². The highest BCUT2D eigenvalue weighted by Crippen LogP contribution is 2.35. The highest BCUT2D eigenvalue weighted by molar-refractivity contribution is 7.13. The molecule has 3 nitrogen and oxygen atoms in total. The van der Waals surface area contributed by atoms with Gasteiger partial charge in [0.25, 0.3) is 0 Å². The molecule has 1 aliphatic heterocycles. The summed E-state index contributed by atoms with van der Waals surface area (Å²) in [6.45, 7) is 3.99. The molecule has 0 saturated carbocycles. The van der Waals surface area contributed by atoms with Crippen LogP contribution < -0.4 is 5.73 Å². The standard InChI is InChI=1S/C14H19N3S/c1-9-12-6-11(3-4-14(12)18-16-9)13-5-10(7-15)8-17(13)2/h3-4,6,10,13H,5,7-8,15H2,1-2H3. The first kappa shape index (κ1) is 12.1. The minimum absolute atomic E-state index is 0.516. The molecule has 2 aromatic rings. The van der Waals surface area contributed by atoms with Gasteiger partial charge < -0.3 is 5.73 Å². The van der Waals surface area contributed by atoms with Gasteiger partial charge in [0.15, 0.2) is 0 Å². The molecule has 4 heteroatoms. The van der Waals surface area contributed by atoms with Crippen molar-refractivity contribution in [2.45, 2.75) is 19.4 Å². The van der Waals surface area contributed by atoms with Crippen molar-refractivity contribution in [3.05, 3.63) is 29.5 Å². The van der Waals surface area contributed by atoms with E-state index >= 15 is 0 Å². The van der Waals surface area contributed by atoms with Gasteiger partial charge in [-0.3, -0.25) is 4.90 Å². The summed E-state index contributed by atoms with van der Waals surface area (Å²) in [6, 6.07) is 7.29. The van der Waals surface area contributed by atoms with E-state index in [0.29, 0.717) is 12.0 Å². The summed E-state index contributed by atoms with van der Waals surface area (Å²) in [5, 5.41) is 1.31. The lowest BCUT2D eigenvalue weighted by molar-refractivity contribution is 0.314. The molecule has 1 aliphatic rings. The fourth-order valence-corrected chi connectivity index (χ4v) is 3.72. The summed E-state index contributed by atoms with van der Waals surface area (Å²) >= 11 is 1.59. The SMILES string of the molecule is Cc1nsc2ccc(C3CC(CN)CN3C)cc12. The number of hydrogen-bond acceptors (Lipinski definition) is 4. The number of rotatable bonds is 2. The topological polar surface area (TPSA) is 42.1 Å². The summed E-state index contributed by atoms with van der Waals surface area (Å²) in [5.74, 6) is 0.636. The molecule has 0 bridgehead atoms. The molecule has 96 valence electrons. The van der Waals surface area contributed by atoms with Crippen LogP contribution >= 0.6 is 11.5 Å². The van der Waals surface area contributed by atoms with Crippen LogP contribution in [0.25, 0.3) is 10.1 Å². The summed E-state index contributed by atoms with van der Waals surface area (Å²) in [5.41, 5.74) is 8.35. The first-order chi connectivity index (χ1) is 8.69. The first-order valence-corrected chi connectivity index (χ1v) is 7.22. The second kappa shape index (κ2) is 4.61. The number of benzene rings is 1. The van der Waals surface area contributed by atoms with E-state index in [1.54, 1.807) is 11.5 Å². The Labute approximate surface area is 112 Å². The number of nitrogens with two attached hydrogens (primary N) is 1. The molecular formula is C14H19N3S. The maximum atomic E-state index is 5.80. The van der Waals surface area contributed by atoms with E-state index in [-0.39, 0.29) is 0 Å². The third kappa shape index (κ3) is 1.94. The molecule has 0 spiro atoms. The summed E-state index contributed by atoms with van der Waals surface area (Å²) in [7, 11) is 2.20. The van der Waals surface area contributed by atoms with Crippen molar-refractivity contribution < 1.29 is 0 Å². The maximum Gasteiger partial charge on any atom is 0.0590 e. The summed E-state index contributed by atoms with van der Waals surface area (Å²) < 4.78 is 5.71. The predicted molar refractivity (Wildman–Crippen MR) is 76.9 cm³/mol. The molecule has 18 heavy (non-hydrogen) atoms. The number of nitrogens with zero attached hydrogens (tertiary/aromatic N) is 2. The Morgan fingerprint density at radius 1 is 1.50 bits per heavy atom. The molecule has 0 amide bonds. The maximum absolute atomic E-state index is 5.80. The molecular weight excluding hydrogens is 242 g/mol. The second-order valence-corrected chi connectivity index (χ2v) is 6.12. The fourth-order valence-electron chi connectivity index (χ4n) is 2.95. The highest BCUT2D eigenvalue weighted by Gasteiger charge is 2.29. The third-order valence-corrected chi connectivity index (χ3v) is 4.95. The molecule has 1 fully saturated rings. The predicted octanol–water partition coefficient (Wildman–Crippen LogP) is 2.56. The van der Waals surface area contributed by atoms with Crippen LogP contribution in [0, 0.1) is 12.8 Å². The monoisotopic (exact) mass is 261 g/mol. The van der Waals surface area contributed by atoms with Gasteiger partial charge in [-0.1, -0.05) is 6.07 Å². The van der Waals surface area contributed by atoms with Gasteiger partial charge in [-0.15, -0.1) is 0 Å². The quantitative estimate of drug-likeness (QED) is 0.903. The van der Waals surface area contributed by atoms with E-state index in [9.17, 15) is 0 Å². The molecule has 2 heterocycles. The molecule has 0 aliphatic carbocycles. The average molecular weight is 261 g/mol. The fraction of sp³-hybridized carbons (Fsp3) is 0.500. The van der Waals surface area contributed by atoms with Gasteiger partial charge in [0.1, 0.15) is 0 Å². The number of aromatic nitrogens is 1. The Hall–Kier alpha value is -0.970. The Kier molecular flexibility index (Phi) is 3.09. The lowest BCUT2D eigenvalue weighted by atomic mass is 9.99. The summed E-state index contributed by atoms with van der Waals surface area (Å²) in [4.78, 5) is 2.42. The molecule has 2 N–H and O–H groups in total. The van der Waals surface area contributed by atoms with Crippen LogP contribution in [0.4, 0.5) is 0 Å². The highest BCUT2D eigenvalue weighted by atomic mass is 32.1. The van der Waals surface area contributed by atoms with Crippen molar-refractivity contribution in [3.63, 3.8) is 0 Å². The molecule has 0 radical (unpaired) electrons. The van der Waals surface area contributed by atoms with Crippen LogP contribution in [-0.2, 0) is 0 Å². The van der Waals surface area contributed by atoms with Crippen LogP contribution in [0.2, 0.25) is 0 Å². The lowest BCUT2D eigenvalue weighted by Gasteiger charge is -2.19. The van der Waals surface area contributed by atoms with Gasteiger partial charge in [-0.2, -0.15) is 4.37 Å². The van der Waals surface area contributed by atoms with E-state index in [1.165, 1.54) is 22.1 Å². The van der Waals surface area contributed by atoms with E-state index in [4.69, 9.17) is 5.73 Å². The van der Waals surface area contributed by atoms with Crippen molar-refractivity contribution in [2.24, 2.45) is 11.7 Å². The Bertz CT molecular complexity index is 563. The Balaban J connectivity index is 1.96. The van der Waals surface area contributed by atoms with Crippen LogP contribution in [0.3, 0.4) is 0 Å². The number of fused-ring (bicyclic) bond motifs is 1. The van der Waals surface area contributed by atoms with Crippen LogP contribution in [0.15, 0.2) is 18.2 Å². The number of likely N-dealkylation sites (tertiary alicyclic amines) is 1. The van der Waals surface area contributed by atoms with E-state index < -0.39 is 0 Å². The van der Waals surface area contributed by atoms with Crippen molar-refractivity contribution >= 4 is 21.6 Å². The lowest BCUT2D eigenvalue weighted by Crippen LogP contribution is -2.20. The van der Waals surface area contributed by atoms with E-state index in [1.807, 2.05) is 0 Å². The van der Waals surface area contributed by atoms with Crippen LogP contribution in [-0.4, -0.2) is 29.4 Å². The smallest absolute Gasteiger partial charge is 0.0590 e. The van der Waals surface area contributed by atoms with Crippen molar-refractivity contribution in [1.29, 1.82) is 0 Å². The zero-order valence-corrected chi connectivity index (χ0v) is 11.7. The van der Waals surface area contributed by atoms with Crippen LogP contribution in [0.1, 0.15) is 23.7 Å². The molecule has 1 aromatic carbocycles. The summed E-state index contributed by atoms with van der Waals surface area (Å²) in [6.07, 6.45) is 1.18. The molecule has 1 aromatic heterocycles. The van der Waals surface area contributed by atoms with Crippen LogP contribution in [0.5, 0.6) is 0 Å². The van der Waals surface area contributed by atoms with Crippen molar-refractivity contribution in [2.75, 3.05) is 20.1 Å². The number of aryl methyl sites for hydroxylation is 1. The third-order valence-electron chi connectivity index (χ3n) is 4.03. The molecule has 3 rings (SSSR count). The zero-order valence-electron chi connectivity index (χ0n) is 10.9. The molecule has 2 unspecified atom stereocenters. The van der Waals surface area contributed by atoms with Gasteiger partial charge in [0.05, 0.1) is 10.4 Å². The zero-order chi connectivity index (χ0) is 12.7. The van der Waals surface area contributed by atoms with E-state index in [0.717, 1.165) is 18.8 Å². The van der Waals surface area contributed by atoms with Gasteiger partial charge in [-0.05, 0) is 62.1 Å². The Morgan fingerprint density at radius 2 is 2.33 bits per heavy atom. The van der Waals surface area contributed by atoms with Gasteiger partial charge in [0.2, 0.25) is 0 Å². The first-order valence-electron chi connectivity index (χ1n) is 6.45. The van der Waals surface area contributed by atoms with Crippen molar-refractivity contribution in [3.8, 4) is 0 Å². The minimum atomic E-state index is 0.516. The largest absolute Gasteiger partial charge is 0.330 e. The molecule has 1 saturated heterocycles. The van der Waals surface area contributed by atoms with Gasteiger partial charge >= 0.3 is 0 Å². The van der Waals surface area contributed by atoms with Gasteiger partial charge in [0, 0.05) is 18.0 Å².